The van der Waals surface area contributed by atoms with E-state index in [1.807, 2.05) is 87.5 Å². The lowest BCUT2D eigenvalue weighted by molar-refractivity contribution is 0.0688. The van der Waals surface area contributed by atoms with Gasteiger partial charge in [-0.05, 0) is 50.1 Å². The molecule has 1 amide bonds. The van der Waals surface area contributed by atoms with Gasteiger partial charge in [-0.15, -0.1) is 0 Å². The first-order valence-corrected chi connectivity index (χ1v) is 10.8. The minimum Gasteiger partial charge on any atom is -0.332 e. The number of benzene rings is 2. The van der Waals surface area contributed by atoms with Crippen molar-refractivity contribution in [2.24, 2.45) is 0 Å². The number of fused-ring (bicyclic) bond motifs is 1. The van der Waals surface area contributed by atoms with Crippen molar-refractivity contribution in [3.8, 4) is 0 Å². The topological polar surface area (TPSA) is 55.2 Å². The highest BCUT2D eigenvalue weighted by Crippen LogP contribution is 2.17. The Hall–Kier alpha value is -3.73. The van der Waals surface area contributed by atoms with Crippen LogP contribution in [0.5, 0.6) is 0 Å². The highest BCUT2D eigenvalue weighted by atomic mass is 16.2. The van der Waals surface area contributed by atoms with E-state index in [2.05, 4.69) is 4.98 Å². The van der Waals surface area contributed by atoms with E-state index in [4.69, 9.17) is 0 Å². The second-order valence-electron chi connectivity index (χ2n) is 8.36. The largest absolute Gasteiger partial charge is 0.332 e. The van der Waals surface area contributed by atoms with Gasteiger partial charge in [0.15, 0.2) is 0 Å². The molecule has 162 valence electrons. The van der Waals surface area contributed by atoms with Gasteiger partial charge < -0.3 is 4.90 Å². The molecule has 0 bridgehead atoms. The number of amides is 1. The van der Waals surface area contributed by atoms with Crippen LogP contribution in [-0.4, -0.2) is 26.4 Å². The molecule has 5 nitrogen and oxygen atoms in total. The van der Waals surface area contributed by atoms with Gasteiger partial charge in [-0.2, -0.15) is 0 Å². The van der Waals surface area contributed by atoms with Crippen molar-refractivity contribution in [2.75, 3.05) is 0 Å². The molecule has 32 heavy (non-hydrogen) atoms. The third kappa shape index (κ3) is 4.47. The summed E-state index contributed by atoms with van der Waals surface area (Å²) in [5, 5.41) is 0.769. The number of aryl methyl sites for hydroxylation is 1. The Kier molecular flexibility index (Phi) is 6.17. The van der Waals surface area contributed by atoms with E-state index in [0.717, 1.165) is 22.1 Å². The molecule has 0 saturated heterocycles. The van der Waals surface area contributed by atoms with Crippen LogP contribution < -0.4 is 5.56 Å². The van der Waals surface area contributed by atoms with Crippen LogP contribution in [0.25, 0.3) is 11.0 Å². The molecule has 0 saturated carbocycles. The van der Waals surface area contributed by atoms with E-state index < -0.39 is 0 Å². The molecule has 2 heterocycles. The molecule has 0 atom stereocenters. The van der Waals surface area contributed by atoms with Crippen LogP contribution in [0, 0.1) is 6.92 Å². The predicted molar refractivity (Wildman–Crippen MR) is 128 cm³/mol. The van der Waals surface area contributed by atoms with E-state index in [1.54, 1.807) is 21.7 Å². The average molecular weight is 426 g/mol. The van der Waals surface area contributed by atoms with Crippen molar-refractivity contribution in [2.45, 2.75) is 39.9 Å². The van der Waals surface area contributed by atoms with Gasteiger partial charge in [0.2, 0.25) is 0 Å². The number of nitrogens with zero attached hydrogens (tertiary/aromatic N) is 3. The summed E-state index contributed by atoms with van der Waals surface area (Å²) in [7, 11) is 0. The van der Waals surface area contributed by atoms with E-state index in [0.29, 0.717) is 18.7 Å². The monoisotopic (exact) mass is 425 g/mol. The molecule has 2 aromatic heterocycles. The van der Waals surface area contributed by atoms with Gasteiger partial charge in [0.1, 0.15) is 11.2 Å². The van der Waals surface area contributed by atoms with Crippen molar-refractivity contribution in [1.29, 1.82) is 0 Å². The number of carbonyl (C=O) groups excluding carboxylic acids is 1. The van der Waals surface area contributed by atoms with Crippen LogP contribution in [0.15, 0.2) is 83.8 Å². The van der Waals surface area contributed by atoms with E-state index >= 15 is 0 Å². The molecule has 0 radical (unpaired) electrons. The maximum Gasteiger partial charge on any atom is 0.265 e. The molecule has 0 aliphatic carbocycles. The van der Waals surface area contributed by atoms with E-state index in [-0.39, 0.29) is 23.1 Å². The average Bonchev–Trinajstić information content (AvgIpc) is 2.80. The zero-order valence-corrected chi connectivity index (χ0v) is 18.7. The maximum atomic E-state index is 13.6. The zero-order chi connectivity index (χ0) is 22.7. The summed E-state index contributed by atoms with van der Waals surface area (Å²) in [5.41, 5.74) is 3.59. The molecule has 4 rings (SSSR count). The fraction of sp³-hybridized carbons (Fsp3) is 0.222. The van der Waals surface area contributed by atoms with Gasteiger partial charge >= 0.3 is 0 Å². The van der Waals surface area contributed by atoms with Gasteiger partial charge in [-0.1, -0.05) is 60.2 Å². The quantitative estimate of drug-likeness (QED) is 0.446. The lowest BCUT2D eigenvalue weighted by Crippen LogP contribution is -2.40. The van der Waals surface area contributed by atoms with Gasteiger partial charge in [0.25, 0.3) is 11.5 Å². The van der Waals surface area contributed by atoms with E-state index in [1.165, 1.54) is 0 Å². The Balaban J connectivity index is 1.79. The van der Waals surface area contributed by atoms with Crippen LogP contribution in [0.4, 0.5) is 0 Å². The summed E-state index contributed by atoms with van der Waals surface area (Å²) >= 11 is 0. The molecule has 5 heteroatoms. The zero-order valence-electron chi connectivity index (χ0n) is 18.7. The third-order valence-corrected chi connectivity index (χ3v) is 5.62. The molecule has 2 aromatic carbocycles. The number of rotatable bonds is 6. The minimum absolute atomic E-state index is 0.0581. The molecule has 0 spiro atoms. The van der Waals surface area contributed by atoms with Gasteiger partial charge in [0, 0.05) is 24.2 Å². The molecule has 0 N–H and O–H groups in total. The predicted octanol–water partition coefficient (Wildman–Crippen LogP) is 4.80. The highest BCUT2D eigenvalue weighted by Gasteiger charge is 2.24. The first-order chi connectivity index (χ1) is 15.4. The Morgan fingerprint density at radius 1 is 0.969 bits per heavy atom. The second-order valence-corrected chi connectivity index (χ2v) is 8.36. The lowest BCUT2D eigenvalue weighted by atomic mass is 10.1. The summed E-state index contributed by atoms with van der Waals surface area (Å²) in [6.45, 7) is 6.76. The fourth-order valence-electron chi connectivity index (χ4n) is 3.81. The van der Waals surface area contributed by atoms with Gasteiger partial charge in [0.05, 0.1) is 6.54 Å². The number of pyridine rings is 2. The van der Waals surface area contributed by atoms with Crippen LogP contribution >= 0.6 is 0 Å². The molecule has 0 unspecified atom stereocenters. The number of hydrogen-bond donors (Lipinski definition) is 0. The Bertz CT molecular complexity index is 1290. The van der Waals surface area contributed by atoms with Crippen molar-refractivity contribution in [1.82, 2.24) is 14.5 Å². The SMILES string of the molecule is Cc1ccc(Cn2c(=O)c(C(=O)N(Cc3ccccc3)C(C)C)cc3cccnc32)cc1. The normalized spacial score (nSPS) is 11.1. The van der Waals surface area contributed by atoms with Crippen molar-refractivity contribution in [3.63, 3.8) is 0 Å². The van der Waals surface area contributed by atoms with Crippen molar-refractivity contribution in [3.05, 3.63) is 112 Å². The smallest absolute Gasteiger partial charge is 0.265 e. The molecule has 0 fully saturated rings. The first kappa shape index (κ1) is 21.5. The van der Waals surface area contributed by atoms with Crippen LogP contribution in [0.3, 0.4) is 0 Å². The van der Waals surface area contributed by atoms with E-state index in [9.17, 15) is 9.59 Å². The van der Waals surface area contributed by atoms with Crippen LogP contribution in [0.1, 0.15) is 40.9 Å². The summed E-state index contributed by atoms with van der Waals surface area (Å²) in [6.07, 6.45) is 1.67. The maximum absolute atomic E-state index is 13.6. The third-order valence-electron chi connectivity index (χ3n) is 5.62. The molecular formula is C27H27N3O2. The molecule has 4 aromatic rings. The Morgan fingerprint density at radius 2 is 1.69 bits per heavy atom. The minimum atomic E-state index is -0.319. The summed E-state index contributed by atoms with van der Waals surface area (Å²) in [4.78, 5) is 33.3. The number of aromatic nitrogens is 2. The van der Waals surface area contributed by atoms with Gasteiger partial charge in [-0.25, -0.2) is 4.98 Å². The van der Waals surface area contributed by atoms with Crippen molar-refractivity contribution >= 4 is 16.9 Å². The Labute approximate surface area is 188 Å². The van der Waals surface area contributed by atoms with Crippen molar-refractivity contribution < 1.29 is 4.79 Å². The fourth-order valence-corrected chi connectivity index (χ4v) is 3.81. The number of hydrogen-bond acceptors (Lipinski definition) is 3. The van der Waals surface area contributed by atoms with Crippen LogP contribution in [0.2, 0.25) is 0 Å². The lowest BCUT2D eigenvalue weighted by Gasteiger charge is -2.27. The first-order valence-electron chi connectivity index (χ1n) is 10.8. The highest BCUT2D eigenvalue weighted by molar-refractivity contribution is 5.97. The molecule has 0 aliphatic heterocycles. The summed E-state index contributed by atoms with van der Waals surface area (Å²) in [5.74, 6) is -0.266. The molecular weight excluding hydrogens is 398 g/mol. The van der Waals surface area contributed by atoms with Gasteiger partial charge in [-0.3, -0.25) is 14.2 Å². The number of carbonyl (C=O) groups is 1. The Morgan fingerprint density at radius 3 is 2.38 bits per heavy atom. The molecule has 0 aliphatic rings. The van der Waals surface area contributed by atoms with Crippen LogP contribution in [-0.2, 0) is 13.1 Å². The standard InChI is InChI=1S/C27H27N3O2/c1-19(2)29(17-21-8-5-4-6-9-21)26(31)24-16-23-10-7-15-28-25(23)30(27(24)32)18-22-13-11-20(3)12-14-22/h4-16,19H,17-18H2,1-3H3. The summed E-state index contributed by atoms with van der Waals surface area (Å²) in [6, 6.07) is 23.2. The summed E-state index contributed by atoms with van der Waals surface area (Å²) < 4.78 is 1.61. The second kappa shape index (κ2) is 9.18.